The summed E-state index contributed by atoms with van der Waals surface area (Å²) in [5.74, 6) is -0.245. The molecular weight excluding hydrogens is 272 g/mol. The summed E-state index contributed by atoms with van der Waals surface area (Å²) in [6.07, 6.45) is 0.950. The van der Waals surface area contributed by atoms with Crippen LogP contribution in [-0.2, 0) is 0 Å². The van der Waals surface area contributed by atoms with E-state index in [2.05, 4.69) is 10.2 Å². The Kier molecular flexibility index (Phi) is 4.42. The number of rotatable bonds is 4. The van der Waals surface area contributed by atoms with Crippen LogP contribution in [0.5, 0.6) is 0 Å². The molecule has 114 valence electrons. The van der Waals surface area contributed by atoms with Crippen molar-refractivity contribution in [1.29, 1.82) is 0 Å². The van der Waals surface area contributed by atoms with E-state index in [1.54, 1.807) is 26.2 Å². The van der Waals surface area contributed by atoms with Gasteiger partial charge in [-0.25, -0.2) is 0 Å². The zero-order chi connectivity index (χ0) is 15.6. The highest BCUT2D eigenvalue weighted by Crippen LogP contribution is 2.28. The van der Waals surface area contributed by atoms with E-state index in [4.69, 9.17) is 0 Å². The Labute approximate surface area is 123 Å². The van der Waals surface area contributed by atoms with Gasteiger partial charge in [-0.3, -0.25) is 14.9 Å². The van der Waals surface area contributed by atoms with Crippen molar-refractivity contribution in [3.05, 3.63) is 33.9 Å². The van der Waals surface area contributed by atoms with E-state index in [-0.39, 0.29) is 17.6 Å². The van der Waals surface area contributed by atoms with Gasteiger partial charge in [0.05, 0.1) is 4.92 Å². The molecule has 1 aromatic carbocycles. The molecule has 1 heterocycles. The van der Waals surface area contributed by atoms with Crippen LogP contribution in [0, 0.1) is 10.1 Å². The van der Waals surface area contributed by atoms with Crippen LogP contribution < -0.4 is 5.32 Å². The van der Waals surface area contributed by atoms with Gasteiger partial charge in [0.1, 0.15) is 5.69 Å². The average molecular weight is 292 g/mol. The third kappa shape index (κ3) is 3.49. The summed E-state index contributed by atoms with van der Waals surface area (Å²) in [6.45, 7) is 1.83. The van der Waals surface area contributed by atoms with Crippen LogP contribution in [0.25, 0.3) is 0 Å². The topological polar surface area (TPSA) is 78.7 Å². The number of nitrogens with one attached hydrogen (secondary N) is 1. The fraction of sp³-hybridized carbons (Fsp3) is 0.500. The maximum Gasteiger partial charge on any atom is 0.293 e. The molecule has 1 unspecified atom stereocenters. The van der Waals surface area contributed by atoms with Gasteiger partial charge >= 0.3 is 0 Å². The van der Waals surface area contributed by atoms with Crippen molar-refractivity contribution in [3.63, 3.8) is 0 Å². The zero-order valence-electron chi connectivity index (χ0n) is 12.5. The van der Waals surface area contributed by atoms with Crippen LogP contribution in [-0.4, -0.2) is 60.9 Å². The van der Waals surface area contributed by atoms with Crippen molar-refractivity contribution >= 4 is 17.3 Å². The fourth-order valence-corrected chi connectivity index (χ4v) is 2.47. The summed E-state index contributed by atoms with van der Waals surface area (Å²) in [6, 6.07) is 4.77. The van der Waals surface area contributed by atoms with Gasteiger partial charge < -0.3 is 15.1 Å². The van der Waals surface area contributed by atoms with E-state index < -0.39 is 4.92 Å². The molecule has 0 bridgehead atoms. The van der Waals surface area contributed by atoms with Crippen LogP contribution >= 0.6 is 0 Å². The number of carbonyl (C=O) groups is 1. The normalized spacial score (nSPS) is 18.5. The van der Waals surface area contributed by atoms with Gasteiger partial charge in [-0.2, -0.15) is 0 Å². The lowest BCUT2D eigenvalue weighted by Gasteiger charge is -2.15. The van der Waals surface area contributed by atoms with Crippen LogP contribution in [0.3, 0.4) is 0 Å². The molecule has 7 nitrogen and oxygen atoms in total. The molecule has 0 radical (unpaired) electrons. The van der Waals surface area contributed by atoms with Crippen molar-refractivity contribution in [3.8, 4) is 0 Å². The monoisotopic (exact) mass is 292 g/mol. The average Bonchev–Trinajstić information content (AvgIpc) is 2.83. The summed E-state index contributed by atoms with van der Waals surface area (Å²) in [5.41, 5.74) is 0.730. The number of benzene rings is 1. The molecule has 0 aliphatic carbocycles. The Morgan fingerprint density at radius 1 is 1.48 bits per heavy atom. The minimum Gasteiger partial charge on any atom is -0.375 e. The quantitative estimate of drug-likeness (QED) is 0.670. The second-order valence-corrected chi connectivity index (χ2v) is 5.58. The first kappa shape index (κ1) is 15.2. The number of hydrogen-bond donors (Lipinski definition) is 1. The van der Waals surface area contributed by atoms with Crippen LogP contribution in [0.1, 0.15) is 16.8 Å². The maximum atomic E-state index is 11.9. The standard InChI is InChI=1S/C14H20N4O3/c1-16(2)14(19)10-4-5-12(13(8-10)18(20)21)15-11-6-7-17(3)9-11/h4-5,8,11,15H,6-7,9H2,1-3H3. The van der Waals surface area contributed by atoms with Crippen molar-refractivity contribution < 1.29 is 9.72 Å². The number of likely N-dealkylation sites (tertiary alicyclic amines) is 1. The Morgan fingerprint density at radius 2 is 2.19 bits per heavy atom. The van der Waals surface area contributed by atoms with E-state index >= 15 is 0 Å². The van der Waals surface area contributed by atoms with Gasteiger partial charge in [0.25, 0.3) is 11.6 Å². The number of carbonyl (C=O) groups excluding carboxylic acids is 1. The molecular formula is C14H20N4O3. The fourth-order valence-electron chi connectivity index (χ4n) is 2.47. The Hall–Kier alpha value is -2.15. The summed E-state index contributed by atoms with van der Waals surface area (Å²) in [7, 11) is 5.26. The molecule has 1 amide bonds. The lowest BCUT2D eigenvalue weighted by molar-refractivity contribution is -0.384. The van der Waals surface area contributed by atoms with Crippen LogP contribution in [0.15, 0.2) is 18.2 Å². The van der Waals surface area contributed by atoms with Gasteiger partial charge in [0, 0.05) is 38.3 Å². The molecule has 0 saturated carbocycles. The van der Waals surface area contributed by atoms with Crippen LogP contribution in [0.4, 0.5) is 11.4 Å². The number of nitrogens with zero attached hydrogens (tertiary/aromatic N) is 3. The van der Waals surface area contributed by atoms with Crippen molar-refractivity contribution in [2.45, 2.75) is 12.5 Å². The lowest BCUT2D eigenvalue weighted by atomic mass is 10.1. The molecule has 0 aromatic heterocycles. The zero-order valence-corrected chi connectivity index (χ0v) is 12.5. The van der Waals surface area contributed by atoms with Crippen molar-refractivity contribution in [2.24, 2.45) is 0 Å². The summed E-state index contributed by atoms with van der Waals surface area (Å²) in [5, 5.41) is 14.4. The number of likely N-dealkylation sites (N-methyl/N-ethyl adjacent to an activating group) is 1. The highest BCUT2D eigenvalue weighted by atomic mass is 16.6. The van der Waals surface area contributed by atoms with Crippen molar-refractivity contribution in [2.75, 3.05) is 39.5 Å². The van der Waals surface area contributed by atoms with E-state index in [0.717, 1.165) is 19.5 Å². The predicted octanol–water partition coefficient (Wildman–Crippen LogP) is 1.41. The number of anilines is 1. The molecule has 21 heavy (non-hydrogen) atoms. The Balaban J connectivity index is 2.25. The minimum atomic E-state index is -0.451. The van der Waals surface area contributed by atoms with Gasteiger partial charge in [-0.15, -0.1) is 0 Å². The second-order valence-electron chi connectivity index (χ2n) is 5.58. The van der Waals surface area contributed by atoms with Gasteiger partial charge in [-0.1, -0.05) is 0 Å². The second kappa shape index (κ2) is 6.09. The third-order valence-corrected chi connectivity index (χ3v) is 3.60. The number of nitro benzene ring substituents is 1. The summed E-state index contributed by atoms with van der Waals surface area (Å²) in [4.78, 5) is 26.3. The molecule has 1 aromatic rings. The first-order valence-electron chi connectivity index (χ1n) is 6.83. The van der Waals surface area contributed by atoms with E-state index in [9.17, 15) is 14.9 Å². The molecule has 1 aliphatic heterocycles. The molecule has 1 atom stereocenters. The van der Waals surface area contributed by atoms with Gasteiger partial charge in [-0.05, 0) is 32.1 Å². The minimum absolute atomic E-state index is 0.0581. The summed E-state index contributed by atoms with van der Waals surface area (Å²) >= 11 is 0. The van der Waals surface area contributed by atoms with Gasteiger partial charge in [0.15, 0.2) is 0 Å². The maximum absolute atomic E-state index is 11.9. The smallest absolute Gasteiger partial charge is 0.293 e. The van der Waals surface area contributed by atoms with Crippen LogP contribution in [0.2, 0.25) is 0 Å². The van der Waals surface area contributed by atoms with Crippen molar-refractivity contribution in [1.82, 2.24) is 9.80 Å². The molecule has 0 spiro atoms. The number of nitro groups is 1. The molecule has 1 saturated heterocycles. The van der Waals surface area contributed by atoms with E-state index in [1.807, 2.05) is 7.05 Å². The first-order chi connectivity index (χ1) is 9.88. The molecule has 1 aliphatic rings. The molecule has 1 N–H and O–H groups in total. The lowest BCUT2D eigenvalue weighted by Crippen LogP contribution is -2.24. The van der Waals surface area contributed by atoms with Gasteiger partial charge in [0.2, 0.25) is 0 Å². The van der Waals surface area contributed by atoms with E-state index in [1.165, 1.54) is 11.0 Å². The predicted molar refractivity (Wildman–Crippen MR) is 80.6 cm³/mol. The SMILES string of the molecule is CN1CCC(Nc2ccc(C(=O)N(C)C)cc2[N+](=O)[O-])C1. The number of hydrogen-bond acceptors (Lipinski definition) is 5. The first-order valence-corrected chi connectivity index (χ1v) is 6.83. The molecule has 7 heteroatoms. The van der Waals surface area contributed by atoms with E-state index in [0.29, 0.717) is 11.3 Å². The Morgan fingerprint density at radius 3 is 2.71 bits per heavy atom. The molecule has 2 rings (SSSR count). The highest BCUT2D eigenvalue weighted by molar-refractivity contribution is 5.95. The Bertz CT molecular complexity index is 559. The third-order valence-electron chi connectivity index (χ3n) is 3.60. The summed E-state index contributed by atoms with van der Waals surface area (Å²) < 4.78 is 0. The molecule has 1 fully saturated rings. The largest absolute Gasteiger partial charge is 0.375 e. The highest BCUT2D eigenvalue weighted by Gasteiger charge is 2.24. The number of amides is 1.